The lowest BCUT2D eigenvalue weighted by Gasteiger charge is -2.36. The highest BCUT2D eigenvalue weighted by atomic mass is 19.1. The van der Waals surface area contributed by atoms with Crippen LogP contribution in [0, 0.1) is 5.82 Å². The van der Waals surface area contributed by atoms with E-state index in [0.717, 1.165) is 75.9 Å². The maximum Gasteiger partial charge on any atom is 0.254 e. The molecule has 2 atom stereocenters. The molecule has 0 radical (unpaired) electrons. The number of morpholine rings is 1. The van der Waals surface area contributed by atoms with Gasteiger partial charge < -0.3 is 20.5 Å². The Morgan fingerprint density at radius 1 is 1.08 bits per heavy atom. The van der Waals surface area contributed by atoms with E-state index in [0.29, 0.717) is 17.8 Å². The van der Waals surface area contributed by atoms with Crippen molar-refractivity contribution in [3.05, 3.63) is 77.2 Å². The Labute approximate surface area is 228 Å². The molecule has 0 aliphatic carbocycles. The van der Waals surface area contributed by atoms with Crippen molar-refractivity contribution in [2.75, 3.05) is 39.4 Å². The van der Waals surface area contributed by atoms with Gasteiger partial charge >= 0.3 is 0 Å². The number of carbonyl (C=O) groups excluding carboxylic acids is 1. The number of carbonyl (C=O) groups is 1. The van der Waals surface area contributed by atoms with Crippen LogP contribution in [0.1, 0.15) is 35.3 Å². The van der Waals surface area contributed by atoms with Gasteiger partial charge in [-0.2, -0.15) is 0 Å². The van der Waals surface area contributed by atoms with Gasteiger partial charge in [-0.1, -0.05) is 30.3 Å². The molecule has 0 spiro atoms. The minimum Gasteiger partial charge on any atom is -0.438 e. The van der Waals surface area contributed by atoms with Gasteiger partial charge in [0.25, 0.3) is 5.91 Å². The first-order valence-electron chi connectivity index (χ1n) is 13.5. The second-order valence-corrected chi connectivity index (χ2v) is 10.5. The molecule has 2 aromatic carbocycles. The maximum absolute atomic E-state index is 13.6. The van der Waals surface area contributed by atoms with Crippen LogP contribution in [-0.4, -0.2) is 72.2 Å². The summed E-state index contributed by atoms with van der Waals surface area (Å²) >= 11 is 0. The van der Waals surface area contributed by atoms with Crippen molar-refractivity contribution < 1.29 is 18.7 Å². The van der Waals surface area contributed by atoms with Crippen molar-refractivity contribution in [3.8, 4) is 22.8 Å². The van der Waals surface area contributed by atoms with Crippen LogP contribution in [0.2, 0.25) is 0 Å². The molecule has 0 unspecified atom stereocenters. The van der Waals surface area contributed by atoms with Crippen LogP contribution < -0.4 is 15.8 Å². The van der Waals surface area contributed by atoms with Crippen molar-refractivity contribution in [2.45, 2.75) is 39.0 Å². The first-order chi connectivity index (χ1) is 18.8. The van der Waals surface area contributed by atoms with Crippen LogP contribution in [0.4, 0.5) is 4.39 Å². The third-order valence-corrected chi connectivity index (χ3v) is 7.15. The molecule has 2 saturated heterocycles. The molecule has 2 aliphatic heterocycles. The molecule has 1 amide bonds. The van der Waals surface area contributed by atoms with Gasteiger partial charge in [-0.3, -0.25) is 14.6 Å². The van der Waals surface area contributed by atoms with E-state index in [9.17, 15) is 9.18 Å². The van der Waals surface area contributed by atoms with Gasteiger partial charge in [-0.25, -0.2) is 9.37 Å². The minimum absolute atomic E-state index is 0.0237. The number of nitrogens with one attached hydrogen (secondary N) is 1. The molecular formula is C30H36FN5O3. The molecule has 8 nitrogen and oxygen atoms in total. The van der Waals surface area contributed by atoms with Crippen molar-refractivity contribution in [2.24, 2.45) is 5.73 Å². The van der Waals surface area contributed by atoms with Crippen molar-refractivity contribution in [1.82, 2.24) is 20.1 Å². The lowest BCUT2D eigenvalue weighted by molar-refractivity contribution is 0.0342. The van der Waals surface area contributed by atoms with Gasteiger partial charge in [0.15, 0.2) is 0 Å². The SMILES string of the molecule is C[C@@H]1CN(Cc2ccc(-c3cccc(Oc4ncc(F)cc4C(N)=O)c3)c(CN3CCOCC3)c2)C[C@H](C)N1. The summed E-state index contributed by atoms with van der Waals surface area (Å²) in [6, 6.07) is 16.3. The summed E-state index contributed by atoms with van der Waals surface area (Å²) in [6.45, 7) is 11.5. The van der Waals surface area contributed by atoms with E-state index in [-0.39, 0.29) is 11.4 Å². The zero-order chi connectivity index (χ0) is 27.4. The first-order valence-corrected chi connectivity index (χ1v) is 13.5. The quantitative estimate of drug-likeness (QED) is 0.455. The van der Waals surface area contributed by atoms with Gasteiger partial charge in [0.1, 0.15) is 17.1 Å². The summed E-state index contributed by atoms with van der Waals surface area (Å²) in [5.74, 6) is -0.990. The number of hydrogen-bond donors (Lipinski definition) is 2. The Bertz CT molecular complexity index is 1300. The van der Waals surface area contributed by atoms with Gasteiger partial charge in [0.2, 0.25) is 5.88 Å². The molecule has 9 heteroatoms. The number of nitrogens with two attached hydrogens (primary N) is 1. The first kappa shape index (κ1) is 27.2. The monoisotopic (exact) mass is 533 g/mol. The predicted molar refractivity (Wildman–Crippen MR) is 148 cm³/mol. The fraction of sp³-hybridized carbons (Fsp3) is 0.400. The number of piperazine rings is 1. The van der Waals surface area contributed by atoms with Gasteiger partial charge in [-0.05, 0) is 54.3 Å². The molecular weight excluding hydrogens is 497 g/mol. The van der Waals surface area contributed by atoms with Crippen LogP contribution in [0.3, 0.4) is 0 Å². The van der Waals surface area contributed by atoms with E-state index >= 15 is 0 Å². The molecule has 3 heterocycles. The molecule has 2 fully saturated rings. The standard InChI is InChI=1S/C30H36FN5O3/c1-20-16-36(17-21(2)34-20)18-22-6-7-27(24(12-22)19-35-8-10-38-11-9-35)23-4-3-5-26(13-23)39-30-28(29(32)37)14-25(31)15-33-30/h3-7,12-15,20-21,34H,8-11,16-19H2,1-2H3,(H2,32,37)/t20-,21+. The third kappa shape index (κ3) is 6.99. The van der Waals surface area contributed by atoms with Crippen molar-refractivity contribution in [1.29, 1.82) is 0 Å². The largest absolute Gasteiger partial charge is 0.438 e. The smallest absolute Gasteiger partial charge is 0.254 e. The normalized spacial score (nSPS) is 20.6. The van der Waals surface area contributed by atoms with Gasteiger partial charge in [0, 0.05) is 51.4 Å². The average Bonchev–Trinajstić information content (AvgIpc) is 2.90. The second-order valence-electron chi connectivity index (χ2n) is 10.5. The number of ether oxygens (including phenoxy) is 2. The lowest BCUT2D eigenvalue weighted by atomic mass is 9.96. The fourth-order valence-electron chi connectivity index (χ4n) is 5.51. The van der Waals surface area contributed by atoms with E-state index < -0.39 is 11.7 Å². The fourth-order valence-corrected chi connectivity index (χ4v) is 5.51. The highest BCUT2D eigenvalue weighted by Gasteiger charge is 2.22. The van der Waals surface area contributed by atoms with E-state index in [1.54, 1.807) is 6.07 Å². The van der Waals surface area contributed by atoms with E-state index in [1.165, 1.54) is 11.1 Å². The second kappa shape index (κ2) is 12.2. The minimum atomic E-state index is -0.801. The Morgan fingerprint density at radius 2 is 1.85 bits per heavy atom. The Kier molecular flexibility index (Phi) is 8.52. The van der Waals surface area contributed by atoms with Crippen molar-refractivity contribution in [3.63, 3.8) is 0 Å². The Balaban J connectivity index is 1.43. The molecule has 3 aromatic rings. The number of benzene rings is 2. The molecule has 0 saturated carbocycles. The van der Waals surface area contributed by atoms with E-state index in [4.69, 9.17) is 15.2 Å². The van der Waals surface area contributed by atoms with Crippen LogP contribution in [-0.2, 0) is 17.8 Å². The molecule has 206 valence electrons. The number of nitrogens with zero attached hydrogens (tertiary/aromatic N) is 3. The molecule has 3 N–H and O–H groups in total. The molecule has 1 aromatic heterocycles. The summed E-state index contributed by atoms with van der Waals surface area (Å²) in [6.07, 6.45) is 1.00. The summed E-state index contributed by atoms with van der Waals surface area (Å²) in [7, 11) is 0. The predicted octanol–water partition coefficient (Wildman–Crippen LogP) is 3.79. The van der Waals surface area contributed by atoms with Gasteiger partial charge in [0.05, 0.1) is 19.4 Å². The number of amides is 1. The Morgan fingerprint density at radius 3 is 2.59 bits per heavy atom. The number of primary amides is 1. The number of halogens is 1. The van der Waals surface area contributed by atoms with Gasteiger partial charge in [-0.15, -0.1) is 0 Å². The molecule has 2 aliphatic rings. The maximum atomic E-state index is 13.6. The summed E-state index contributed by atoms with van der Waals surface area (Å²) in [5, 5.41) is 3.61. The zero-order valence-corrected chi connectivity index (χ0v) is 22.5. The van der Waals surface area contributed by atoms with E-state index in [1.807, 2.05) is 18.2 Å². The third-order valence-electron chi connectivity index (χ3n) is 7.15. The molecule has 0 bridgehead atoms. The van der Waals surface area contributed by atoms with E-state index in [2.05, 4.69) is 52.1 Å². The van der Waals surface area contributed by atoms with Crippen molar-refractivity contribution >= 4 is 5.91 Å². The molecule has 5 rings (SSSR count). The van der Waals surface area contributed by atoms with Crippen LogP contribution in [0.15, 0.2) is 54.7 Å². The topological polar surface area (TPSA) is 92.9 Å². The number of pyridine rings is 1. The Hall–Kier alpha value is -3.37. The lowest BCUT2D eigenvalue weighted by Crippen LogP contribution is -2.53. The summed E-state index contributed by atoms with van der Waals surface area (Å²) in [5.41, 5.74) is 9.93. The number of aromatic nitrogens is 1. The van der Waals surface area contributed by atoms with Crippen LogP contribution in [0.25, 0.3) is 11.1 Å². The molecule has 39 heavy (non-hydrogen) atoms. The average molecular weight is 534 g/mol. The summed E-state index contributed by atoms with van der Waals surface area (Å²) < 4.78 is 25.1. The van der Waals surface area contributed by atoms with Crippen LogP contribution >= 0.6 is 0 Å². The van der Waals surface area contributed by atoms with Crippen LogP contribution in [0.5, 0.6) is 11.6 Å². The highest BCUT2D eigenvalue weighted by Crippen LogP contribution is 2.32. The number of hydrogen-bond acceptors (Lipinski definition) is 7. The summed E-state index contributed by atoms with van der Waals surface area (Å²) in [4.78, 5) is 20.7. The highest BCUT2D eigenvalue weighted by molar-refractivity contribution is 5.95. The zero-order valence-electron chi connectivity index (χ0n) is 22.5. The number of rotatable bonds is 8.